The third kappa shape index (κ3) is 5.25. The van der Waals surface area contributed by atoms with Crippen LogP contribution in [0, 0.1) is 0 Å². The average molecular weight is 395 g/mol. The minimum atomic E-state index is -0.211. The number of piperazine rings is 1. The first kappa shape index (κ1) is 20.8. The molecule has 1 aliphatic rings. The zero-order valence-corrected chi connectivity index (χ0v) is 16.2. The summed E-state index contributed by atoms with van der Waals surface area (Å²) in [6, 6.07) is 5.16. The third-order valence-corrected chi connectivity index (χ3v) is 4.07. The number of nitrogens with zero attached hydrogens (tertiary/aromatic N) is 3. The van der Waals surface area contributed by atoms with Gasteiger partial charge in [-0.1, -0.05) is 5.16 Å². The van der Waals surface area contributed by atoms with Crippen LogP contribution in [0.3, 0.4) is 0 Å². The van der Waals surface area contributed by atoms with Gasteiger partial charge in [-0.2, -0.15) is 4.98 Å². The number of carbonyl (C=O) groups excluding carboxylic acids is 2. The third-order valence-electron chi connectivity index (χ3n) is 4.07. The summed E-state index contributed by atoms with van der Waals surface area (Å²) in [5.74, 6) is 0.507. The topological polar surface area (TPSA) is 112 Å². The molecule has 2 aromatic rings. The lowest BCUT2D eigenvalue weighted by Crippen LogP contribution is -2.44. The highest BCUT2D eigenvalue weighted by Crippen LogP contribution is 2.28. The average Bonchev–Trinajstić information content (AvgIpc) is 3.03. The second kappa shape index (κ2) is 8.94. The predicted octanol–water partition coefficient (Wildman–Crippen LogP) is 1.65. The molecule has 3 N–H and O–H groups in total. The van der Waals surface area contributed by atoms with Crippen molar-refractivity contribution in [2.75, 3.05) is 37.3 Å². The van der Waals surface area contributed by atoms with Crippen molar-refractivity contribution < 1.29 is 14.1 Å². The molecule has 1 aromatic carbocycles. The Bertz CT molecular complexity index is 791. The van der Waals surface area contributed by atoms with Crippen molar-refractivity contribution in [3.05, 3.63) is 24.0 Å². The van der Waals surface area contributed by atoms with Crippen molar-refractivity contribution in [1.82, 2.24) is 20.4 Å². The Hall–Kier alpha value is -2.49. The monoisotopic (exact) mass is 394 g/mol. The lowest BCUT2D eigenvalue weighted by Gasteiger charge is -2.30. The highest BCUT2D eigenvalue weighted by Gasteiger charge is 2.25. The van der Waals surface area contributed by atoms with Gasteiger partial charge in [-0.05, 0) is 25.2 Å². The molecule has 27 heavy (non-hydrogen) atoms. The molecule has 0 radical (unpaired) electrons. The van der Waals surface area contributed by atoms with E-state index in [-0.39, 0.29) is 30.3 Å². The van der Waals surface area contributed by atoms with E-state index in [9.17, 15) is 9.59 Å². The molecule has 1 aromatic heterocycles. The summed E-state index contributed by atoms with van der Waals surface area (Å²) in [6.45, 7) is 5.41. The SMILES string of the molecule is CC(=O)Nc1cc(NC(C)=O)cc(-c2nc(C3CNCCN3C)no2)c1.Cl. The van der Waals surface area contributed by atoms with Crippen molar-refractivity contribution in [1.29, 1.82) is 0 Å². The molecule has 146 valence electrons. The van der Waals surface area contributed by atoms with Crippen LogP contribution < -0.4 is 16.0 Å². The van der Waals surface area contributed by atoms with Crippen LogP contribution in [0.1, 0.15) is 25.7 Å². The second-order valence-electron chi connectivity index (χ2n) is 6.32. The smallest absolute Gasteiger partial charge is 0.258 e. The first-order valence-electron chi connectivity index (χ1n) is 8.37. The molecular weight excluding hydrogens is 372 g/mol. The van der Waals surface area contributed by atoms with Crippen LogP contribution >= 0.6 is 12.4 Å². The molecule has 0 spiro atoms. The zero-order chi connectivity index (χ0) is 18.7. The Balaban J connectivity index is 0.00000261. The van der Waals surface area contributed by atoms with Crippen LogP contribution in [0.5, 0.6) is 0 Å². The van der Waals surface area contributed by atoms with Crippen LogP contribution in [0.2, 0.25) is 0 Å². The van der Waals surface area contributed by atoms with Crippen LogP contribution in [0.4, 0.5) is 11.4 Å². The second-order valence-corrected chi connectivity index (χ2v) is 6.32. The Morgan fingerprint density at radius 2 is 1.81 bits per heavy atom. The number of amides is 2. The van der Waals surface area contributed by atoms with E-state index in [1.165, 1.54) is 13.8 Å². The van der Waals surface area contributed by atoms with Crippen molar-refractivity contribution in [2.45, 2.75) is 19.9 Å². The van der Waals surface area contributed by atoms with Crippen molar-refractivity contribution >= 4 is 35.6 Å². The summed E-state index contributed by atoms with van der Waals surface area (Å²) < 4.78 is 5.43. The molecule has 0 bridgehead atoms. The summed E-state index contributed by atoms with van der Waals surface area (Å²) in [5.41, 5.74) is 1.69. The minimum Gasteiger partial charge on any atom is -0.334 e. The quantitative estimate of drug-likeness (QED) is 0.722. The van der Waals surface area contributed by atoms with Crippen LogP contribution in [-0.2, 0) is 9.59 Å². The Labute approximate surface area is 163 Å². The molecule has 2 heterocycles. The number of anilines is 2. The van der Waals surface area contributed by atoms with E-state index < -0.39 is 0 Å². The van der Waals surface area contributed by atoms with E-state index in [0.29, 0.717) is 28.7 Å². The lowest BCUT2D eigenvalue weighted by molar-refractivity contribution is -0.115. The highest BCUT2D eigenvalue weighted by molar-refractivity contribution is 5.93. The standard InChI is InChI=1S/C17H22N6O3.ClH/c1-10(24)19-13-6-12(7-14(8-13)20-11(2)25)17-21-16(22-26-17)15-9-18-4-5-23(15)3;/h6-8,15,18H,4-5,9H2,1-3H3,(H,19,24)(H,20,25);1H. The molecule has 1 fully saturated rings. The molecule has 10 heteroatoms. The normalized spacial score (nSPS) is 17.1. The van der Waals surface area contributed by atoms with Gasteiger partial charge in [0.05, 0.1) is 6.04 Å². The number of likely N-dealkylation sites (N-methyl/N-ethyl adjacent to an activating group) is 1. The van der Waals surface area contributed by atoms with E-state index in [4.69, 9.17) is 4.52 Å². The summed E-state index contributed by atoms with van der Waals surface area (Å²) in [4.78, 5) is 29.4. The molecule has 1 atom stereocenters. The molecule has 3 rings (SSSR count). The molecule has 1 saturated heterocycles. The highest BCUT2D eigenvalue weighted by atomic mass is 35.5. The molecule has 1 aliphatic heterocycles. The van der Waals surface area contributed by atoms with E-state index in [0.717, 1.165) is 19.6 Å². The van der Waals surface area contributed by atoms with Gasteiger partial charge in [-0.15, -0.1) is 12.4 Å². The maximum Gasteiger partial charge on any atom is 0.258 e. The van der Waals surface area contributed by atoms with Crippen LogP contribution in [0.15, 0.2) is 22.7 Å². The first-order chi connectivity index (χ1) is 12.4. The molecule has 9 nitrogen and oxygen atoms in total. The van der Waals surface area contributed by atoms with Gasteiger partial charge in [0.15, 0.2) is 5.82 Å². The fourth-order valence-electron chi connectivity index (χ4n) is 2.88. The molecular formula is C17H23ClN6O3. The number of carbonyl (C=O) groups is 2. The van der Waals surface area contributed by atoms with Gasteiger partial charge in [-0.25, -0.2) is 0 Å². The fourth-order valence-corrected chi connectivity index (χ4v) is 2.88. The van der Waals surface area contributed by atoms with Crippen LogP contribution in [-0.4, -0.2) is 53.5 Å². The van der Waals surface area contributed by atoms with Gasteiger partial charge in [-0.3, -0.25) is 14.5 Å². The number of benzene rings is 1. The van der Waals surface area contributed by atoms with E-state index in [1.54, 1.807) is 18.2 Å². The van der Waals surface area contributed by atoms with Gasteiger partial charge >= 0.3 is 0 Å². The Morgan fingerprint density at radius 3 is 2.37 bits per heavy atom. The first-order valence-corrected chi connectivity index (χ1v) is 8.37. The number of hydrogen-bond donors (Lipinski definition) is 3. The number of rotatable bonds is 4. The van der Waals surface area contributed by atoms with Crippen molar-refractivity contribution in [3.8, 4) is 11.5 Å². The zero-order valence-electron chi connectivity index (χ0n) is 15.4. The Kier molecular flexibility index (Phi) is 6.89. The number of aromatic nitrogens is 2. The van der Waals surface area contributed by atoms with Gasteiger partial charge in [0.1, 0.15) is 0 Å². The van der Waals surface area contributed by atoms with E-state index in [2.05, 4.69) is 31.0 Å². The largest absolute Gasteiger partial charge is 0.334 e. The Morgan fingerprint density at radius 1 is 1.19 bits per heavy atom. The van der Waals surface area contributed by atoms with Gasteiger partial charge < -0.3 is 20.5 Å². The van der Waals surface area contributed by atoms with Crippen LogP contribution in [0.25, 0.3) is 11.5 Å². The summed E-state index contributed by atoms with van der Waals surface area (Å²) in [5, 5.41) is 12.8. The van der Waals surface area contributed by atoms with Gasteiger partial charge in [0.25, 0.3) is 5.89 Å². The van der Waals surface area contributed by atoms with Gasteiger partial charge in [0.2, 0.25) is 11.8 Å². The molecule has 1 unspecified atom stereocenters. The maximum atomic E-state index is 11.4. The van der Waals surface area contributed by atoms with Crippen molar-refractivity contribution in [3.63, 3.8) is 0 Å². The number of hydrogen-bond acceptors (Lipinski definition) is 7. The number of nitrogens with one attached hydrogen (secondary N) is 3. The summed E-state index contributed by atoms with van der Waals surface area (Å²) in [7, 11) is 2.02. The van der Waals surface area contributed by atoms with Gasteiger partial charge in [0, 0.05) is 50.4 Å². The summed E-state index contributed by atoms with van der Waals surface area (Å²) >= 11 is 0. The fraction of sp³-hybridized carbons (Fsp3) is 0.412. The van der Waals surface area contributed by atoms with E-state index in [1.807, 2.05) is 7.05 Å². The van der Waals surface area contributed by atoms with E-state index >= 15 is 0 Å². The number of halogens is 1. The molecule has 2 amide bonds. The molecule has 0 aliphatic carbocycles. The molecule has 0 saturated carbocycles. The predicted molar refractivity (Wildman–Crippen MR) is 104 cm³/mol. The minimum absolute atomic E-state index is 0. The summed E-state index contributed by atoms with van der Waals surface area (Å²) in [6.07, 6.45) is 0. The van der Waals surface area contributed by atoms with Crippen molar-refractivity contribution in [2.24, 2.45) is 0 Å². The lowest BCUT2D eigenvalue weighted by atomic mass is 10.1. The maximum absolute atomic E-state index is 11.4.